The van der Waals surface area contributed by atoms with Crippen molar-refractivity contribution in [2.24, 2.45) is 0 Å². The number of amides is 1. The number of carboxylic acids is 1. The summed E-state index contributed by atoms with van der Waals surface area (Å²) in [6.45, 7) is 0. The predicted octanol–water partition coefficient (Wildman–Crippen LogP) is 4.97. The molecule has 0 aliphatic rings. The first-order valence-corrected chi connectivity index (χ1v) is 10.7. The van der Waals surface area contributed by atoms with Gasteiger partial charge in [-0.15, -0.1) is 0 Å². The highest BCUT2D eigenvalue weighted by Gasteiger charge is 2.14. The number of carbonyl (C=O) groups is 2. The van der Waals surface area contributed by atoms with E-state index in [-0.39, 0.29) is 18.1 Å². The molecule has 0 aliphatic heterocycles. The van der Waals surface area contributed by atoms with E-state index in [4.69, 9.17) is 16.7 Å². The van der Waals surface area contributed by atoms with Gasteiger partial charge in [0.1, 0.15) is 5.75 Å². The van der Waals surface area contributed by atoms with Crippen LogP contribution in [0.15, 0.2) is 54.6 Å². The second-order valence-electron chi connectivity index (χ2n) is 7.95. The Kier molecular flexibility index (Phi) is 6.07. The Labute approximate surface area is 195 Å². The van der Waals surface area contributed by atoms with E-state index in [2.05, 4.69) is 10.2 Å². The van der Waals surface area contributed by atoms with Gasteiger partial charge in [0.25, 0.3) is 5.91 Å². The molecular weight excluding hydrogens is 442 g/mol. The molecule has 0 spiro atoms. The van der Waals surface area contributed by atoms with Crippen molar-refractivity contribution >= 4 is 34.4 Å². The summed E-state index contributed by atoms with van der Waals surface area (Å²) in [6.07, 6.45) is 0.315. The Morgan fingerprint density at radius 1 is 1.00 bits per heavy atom. The Hall–Kier alpha value is -3.84. The lowest BCUT2D eigenvalue weighted by Crippen LogP contribution is -2.21. The van der Waals surface area contributed by atoms with Crippen LogP contribution in [0, 0.1) is 0 Å². The van der Waals surface area contributed by atoms with Crippen molar-refractivity contribution < 1.29 is 19.8 Å². The molecule has 168 valence electrons. The van der Waals surface area contributed by atoms with Gasteiger partial charge in [-0.05, 0) is 41.5 Å². The lowest BCUT2D eigenvalue weighted by Gasteiger charge is -2.12. The van der Waals surface area contributed by atoms with E-state index in [1.165, 1.54) is 11.0 Å². The van der Waals surface area contributed by atoms with Crippen LogP contribution >= 0.6 is 11.6 Å². The Morgan fingerprint density at radius 3 is 2.27 bits per heavy atom. The van der Waals surface area contributed by atoms with Crippen molar-refractivity contribution in [2.45, 2.75) is 12.8 Å². The summed E-state index contributed by atoms with van der Waals surface area (Å²) in [5, 5.41) is 28.0. The van der Waals surface area contributed by atoms with E-state index in [1.807, 2.05) is 30.3 Å². The second kappa shape index (κ2) is 8.96. The number of rotatable bonds is 6. The first kappa shape index (κ1) is 22.4. The number of aliphatic carboxylic acids is 1. The molecule has 7 nitrogen and oxygen atoms in total. The number of aromatic hydroxyl groups is 1. The number of phenols is 1. The average Bonchev–Trinajstić information content (AvgIpc) is 3.18. The molecule has 0 radical (unpaired) electrons. The Balaban J connectivity index is 1.66. The molecule has 0 bridgehead atoms. The van der Waals surface area contributed by atoms with Gasteiger partial charge >= 0.3 is 5.97 Å². The zero-order valence-electron chi connectivity index (χ0n) is 18.1. The van der Waals surface area contributed by atoms with Crippen molar-refractivity contribution in [3.8, 4) is 28.0 Å². The van der Waals surface area contributed by atoms with E-state index >= 15 is 0 Å². The first-order valence-electron chi connectivity index (χ1n) is 10.3. The van der Waals surface area contributed by atoms with Crippen LogP contribution in [0.5, 0.6) is 5.75 Å². The number of hydrogen-bond donors (Lipinski definition) is 3. The number of nitrogens with zero attached hydrogens (tertiary/aromatic N) is 2. The van der Waals surface area contributed by atoms with Gasteiger partial charge in [-0.3, -0.25) is 14.7 Å². The third-order valence-corrected chi connectivity index (χ3v) is 5.78. The molecule has 0 saturated heterocycles. The summed E-state index contributed by atoms with van der Waals surface area (Å²) in [5.74, 6) is -1.03. The van der Waals surface area contributed by atoms with E-state index in [1.54, 1.807) is 32.3 Å². The summed E-state index contributed by atoms with van der Waals surface area (Å²) in [4.78, 5) is 24.5. The number of H-pyrrole nitrogens is 1. The molecule has 0 unspecified atom stereocenters. The summed E-state index contributed by atoms with van der Waals surface area (Å²) in [6, 6.07) is 16.1. The molecule has 33 heavy (non-hydrogen) atoms. The molecule has 4 rings (SSSR count). The van der Waals surface area contributed by atoms with Gasteiger partial charge in [0.15, 0.2) is 0 Å². The number of fused-ring (bicyclic) bond motifs is 1. The summed E-state index contributed by atoms with van der Waals surface area (Å²) in [5.41, 5.74) is 4.92. The van der Waals surface area contributed by atoms with E-state index < -0.39 is 5.97 Å². The SMILES string of the molecule is CN(C)C(=O)c1ccc(-c2ccc(-c3cc4c(CCC(=O)O)n[nH]c4cc3Cl)cc2)c(O)c1. The largest absolute Gasteiger partial charge is 0.507 e. The minimum absolute atomic E-state index is 0.00493. The van der Waals surface area contributed by atoms with Crippen LogP contribution in [-0.4, -0.2) is 51.3 Å². The second-order valence-corrected chi connectivity index (χ2v) is 8.36. The Morgan fingerprint density at radius 2 is 1.67 bits per heavy atom. The van der Waals surface area contributed by atoms with Crippen LogP contribution in [0.25, 0.3) is 33.2 Å². The molecule has 3 N–H and O–H groups in total. The topological polar surface area (TPSA) is 107 Å². The van der Waals surface area contributed by atoms with Crippen LogP contribution in [0.2, 0.25) is 5.02 Å². The summed E-state index contributed by atoms with van der Waals surface area (Å²) in [7, 11) is 3.32. The molecule has 4 aromatic rings. The van der Waals surface area contributed by atoms with Gasteiger partial charge in [0.2, 0.25) is 0 Å². The molecule has 0 saturated carbocycles. The number of carboxylic acid groups (broad SMARTS) is 1. The molecule has 8 heteroatoms. The van der Waals surface area contributed by atoms with Crippen molar-refractivity contribution in [1.29, 1.82) is 0 Å². The molecule has 1 amide bonds. The highest BCUT2D eigenvalue weighted by Crippen LogP contribution is 2.36. The van der Waals surface area contributed by atoms with E-state index in [9.17, 15) is 14.7 Å². The lowest BCUT2D eigenvalue weighted by atomic mass is 9.97. The fourth-order valence-corrected chi connectivity index (χ4v) is 4.00. The third kappa shape index (κ3) is 4.54. The minimum Gasteiger partial charge on any atom is -0.507 e. The normalized spacial score (nSPS) is 11.0. The minimum atomic E-state index is -0.877. The number of aryl methyl sites for hydroxylation is 1. The average molecular weight is 464 g/mol. The highest BCUT2D eigenvalue weighted by molar-refractivity contribution is 6.34. The van der Waals surface area contributed by atoms with Crippen molar-refractivity contribution in [3.63, 3.8) is 0 Å². The maximum Gasteiger partial charge on any atom is 0.303 e. The van der Waals surface area contributed by atoms with Crippen molar-refractivity contribution in [3.05, 3.63) is 70.9 Å². The number of carbonyl (C=O) groups excluding carboxylic acids is 1. The quantitative estimate of drug-likeness (QED) is 0.374. The maximum absolute atomic E-state index is 12.1. The zero-order valence-corrected chi connectivity index (χ0v) is 18.8. The van der Waals surface area contributed by atoms with Gasteiger partial charge < -0.3 is 15.1 Å². The zero-order chi connectivity index (χ0) is 23.7. The predicted molar refractivity (Wildman–Crippen MR) is 128 cm³/mol. The van der Waals surface area contributed by atoms with Crippen LogP contribution < -0.4 is 0 Å². The Bertz CT molecular complexity index is 1360. The van der Waals surface area contributed by atoms with E-state index in [0.29, 0.717) is 28.3 Å². The number of aromatic amines is 1. The van der Waals surface area contributed by atoms with Crippen LogP contribution in [0.1, 0.15) is 22.5 Å². The lowest BCUT2D eigenvalue weighted by molar-refractivity contribution is -0.136. The molecule has 3 aromatic carbocycles. The van der Waals surface area contributed by atoms with Gasteiger partial charge in [-0.1, -0.05) is 35.9 Å². The van der Waals surface area contributed by atoms with Crippen LogP contribution in [-0.2, 0) is 11.2 Å². The number of benzene rings is 3. The summed E-state index contributed by atoms with van der Waals surface area (Å²) < 4.78 is 0. The van der Waals surface area contributed by atoms with Crippen molar-refractivity contribution in [2.75, 3.05) is 14.1 Å². The first-order chi connectivity index (χ1) is 15.7. The third-order valence-electron chi connectivity index (χ3n) is 5.46. The molecule has 0 aliphatic carbocycles. The van der Waals surface area contributed by atoms with Gasteiger partial charge in [-0.25, -0.2) is 0 Å². The number of halogens is 1. The number of phenolic OH excluding ortho intramolecular Hbond substituents is 1. The molecule has 0 fully saturated rings. The van der Waals surface area contributed by atoms with Crippen LogP contribution in [0.3, 0.4) is 0 Å². The number of aromatic nitrogens is 2. The number of nitrogens with one attached hydrogen (secondary N) is 1. The van der Waals surface area contributed by atoms with Gasteiger partial charge in [0.05, 0.1) is 22.7 Å². The van der Waals surface area contributed by atoms with Gasteiger partial charge in [0, 0.05) is 42.6 Å². The molecular formula is C25H22ClN3O4. The fraction of sp³-hybridized carbons (Fsp3) is 0.160. The smallest absolute Gasteiger partial charge is 0.303 e. The van der Waals surface area contributed by atoms with Crippen molar-refractivity contribution in [1.82, 2.24) is 15.1 Å². The monoisotopic (exact) mass is 463 g/mol. The van der Waals surface area contributed by atoms with E-state index in [0.717, 1.165) is 27.6 Å². The molecule has 1 aromatic heterocycles. The number of hydrogen-bond acceptors (Lipinski definition) is 4. The molecule has 1 heterocycles. The highest BCUT2D eigenvalue weighted by atomic mass is 35.5. The standard InChI is InChI=1S/C25H22ClN3O4/c1-29(2)25(33)16-7-8-17(23(30)11-16)14-3-5-15(6-4-14)18-12-19-21(9-10-24(31)32)27-28-22(19)13-20(18)26/h3-8,11-13,30H,9-10H2,1-2H3,(H,27,28)(H,31,32). The summed E-state index contributed by atoms with van der Waals surface area (Å²) >= 11 is 6.51. The van der Waals surface area contributed by atoms with Gasteiger partial charge in [-0.2, -0.15) is 5.10 Å². The fourth-order valence-electron chi connectivity index (χ4n) is 3.73. The molecule has 0 atom stereocenters. The van der Waals surface area contributed by atoms with Crippen LogP contribution in [0.4, 0.5) is 0 Å². The maximum atomic E-state index is 12.1.